The van der Waals surface area contributed by atoms with Crippen LogP contribution in [0.3, 0.4) is 0 Å². The van der Waals surface area contributed by atoms with Crippen molar-refractivity contribution in [2.24, 2.45) is 5.41 Å². The summed E-state index contributed by atoms with van der Waals surface area (Å²) in [6.07, 6.45) is 6.18. The van der Waals surface area contributed by atoms with Crippen molar-refractivity contribution in [3.63, 3.8) is 0 Å². The predicted octanol–water partition coefficient (Wildman–Crippen LogP) is 4.02. The highest BCUT2D eigenvalue weighted by atomic mass is 19.3. The van der Waals surface area contributed by atoms with Crippen LogP contribution in [0.15, 0.2) is 0 Å². The van der Waals surface area contributed by atoms with Crippen LogP contribution in [0.2, 0.25) is 0 Å². The van der Waals surface area contributed by atoms with Gasteiger partial charge in [0.15, 0.2) is 0 Å². The van der Waals surface area contributed by atoms with Crippen molar-refractivity contribution in [3.8, 4) is 6.07 Å². The zero-order chi connectivity index (χ0) is 13.9. The first-order valence-electron chi connectivity index (χ1n) is 7.43. The maximum Gasteiger partial charge on any atom is 0.248 e. The molecule has 0 aliphatic heterocycles. The smallest absolute Gasteiger partial charge is 0.248 e. The van der Waals surface area contributed by atoms with Crippen LogP contribution < -0.4 is 5.32 Å². The zero-order valence-corrected chi connectivity index (χ0v) is 11.7. The number of alkyl halides is 2. The number of hydrogen-bond acceptors (Lipinski definition) is 2. The third kappa shape index (κ3) is 4.14. The van der Waals surface area contributed by atoms with Crippen molar-refractivity contribution >= 4 is 0 Å². The molecule has 4 heteroatoms. The molecule has 0 aromatic heterocycles. The minimum Gasteiger partial charge on any atom is -0.311 e. The molecule has 0 aromatic carbocycles. The fraction of sp³-hybridized carbons (Fsp3) is 0.933. The molecular formula is C15H24F2N2. The third-order valence-electron chi connectivity index (χ3n) is 4.89. The van der Waals surface area contributed by atoms with Gasteiger partial charge in [-0.1, -0.05) is 6.92 Å². The van der Waals surface area contributed by atoms with Gasteiger partial charge in [0.25, 0.3) is 0 Å². The van der Waals surface area contributed by atoms with Gasteiger partial charge in [0.05, 0.1) is 6.07 Å². The summed E-state index contributed by atoms with van der Waals surface area (Å²) in [5.74, 6) is -2.43. The Hall–Kier alpha value is -0.690. The first kappa shape index (κ1) is 14.7. The van der Waals surface area contributed by atoms with Crippen molar-refractivity contribution in [1.82, 2.24) is 5.32 Å². The Kier molecular flexibility index (Phi) is 4.45. The molecule has 0 saturated heterocycles. The minimum absolute atomic E-state index is 0.0313. The molecule has 0 radical (unpaired) electrons. The highest BCUT2D eigenvalue weighted by Crippen LogP contribution is 2.39. The van der Waals surface area contributed by atoms with Crippen LogP contribution in [-0.2, 0) is 0 Å². The van der Waals surface area contributed by atoms with Gasteiger partial charge < -0.3 is 5.32 Å². The lowest BCUT2D eigenvalue weighted by Crippen LogP contribution is -2.45. The fourth-order valence-corrected chi connectivity index (χ4v) is 3.39. The molecule has 1 N–H and O–H groups in total. The maximum absolute atomic E-state index is 13.1. The van der Waals surface area contributed by atoms with Crippen molar-refractivity contribution in [2.75, 3.05) is 0 Å². The second-order valence-corrected chi connectivity index (χ2v) is 6.72. The number of nitriles is 1. The van der Waals surface area contributed by atoms with Crippen molar-refractivity contribution in [3.05, 3.63) is 0 Å². The monoisotopic (exact) mass is 270 g/mol. The highest BCUT2D eigenvalue weighted by Gasteiger charge is 2.36. The molecule has 0 heterocycles. The van der Waals surface area contributed by atoms with Gasteiger partial charge in [-0.05, 0) is 43.9 Å². The maximum atomic E-state index is 13.1. The molecule has 0 atom stereocenters. The molecule has 2 fully saturated rings. The van der Waals surface area contributed by atoms with Crippen LogP contribution in [0.4, 0.5) is 8.78 Å². The Balaban J connectivity index is 1.73. The molecule has 0 unspecified atom stereocenters. The zero-order valence-electron chi connectivity index (χ0n) is 11.7. The number of halogens is 2. The molecule has 0 spiro atoms. The predicted molar refractivity (Wildman–Crippen MR) is 70.9 cm³/mol. The van der Waals surface area contributed by atoms with Crippen molar-refractivity contribution in [2.45, 2.75) is 82.7 Å². The van der Waals surface area contributed by atoms with Crippen LogP contribution in [-0.4, -0.2) is 18.0 Å². The third-order valence-corrected chi connectivity index (χ3v) is 4.89. The number of nitrogens with one attached hydrogen (secondary N) is 1. The molecule has 2 saturated carbocycles. The van der Waals surface area contributed by atoms with Gasteiger partial charge in [-0.15, -0.1) is 0 Å². The lowest BCUT2D eigenvalue weighted by molar-refractivity contribution is -0.0418. The van der Waals surface area contributed by atoms with Gasteiger partial charge in [0, 0.05) is 31.3 Å². The van der Waals surface area contributed by atoms with E-state index in [2.05, 4.69) is 18.3 Å². The molecule has 19 heavy (non-hydrogen) atoms. The summed E-state index contributed by atoms with van der Waals surface area (Å²) in [7, 11) is 0. The van der Waals surface area contributed by atoms with E-state index in [0.717, 1.165) is 25.7 Å². The first-order chi connectivity index (χ1) is 8.92. The van der Waals surface area contributed by atoms with Crippen LogP contribution in [0.25, 0.3) is 0 Å². The average Bonchev–Trinajstić information content (AvgIpc) is 2.35. The Morgan fingerprint density at radius 2 is 1.53 bits per heavy atom. The lowest BCUT2D eigenvalue weighted by atomic mass is 9.72. The SMILES string of the molecule is C[C@]1(CC#N)CC[C@@H](NC2CCC(F)(F)CC2)CC1. The molecule has 2 nitrogen and oxygen atoms in total. The Morgan fingerprint density at radius 3 is 2.00 bits per heavy atom. The number of nitrogens with zero attached hydrogens (tertiary/aromatic N) is 1. The Bertz CT molecular complexity index is 331. The van der Waals surface area contributed by atoms with E-state index < -0.39 is 5.92 Å². The summed E-state index contributed by atoms with van der Waals surface area (Å²) in [6.45, 7) is 2.19. The topological polar surface area (TPSA) is 35.8 Å². The molecule has 108 valence electrons. The van der Waals surface area contributed by atoms with Gasteiger partial charge in [0.1, 0.15) is 0 Å². The Labute approximate surface area is 114 Å². The Morgan fingerprint density at radius 1 is 1.05 bits per heavy atom. The summed E-state index contributed by atoms with van der Waals surface area (Å²) < 4.78 is 26.2. The summed E-state index contributed by atoms with van der Waals surface area (Å²) in [5.41, 5.74) is 0.173. The second-order valence-electron chi connectivity index (χ2n) is 6.72. The van der Waals surface area contributed by atoms with E-state index in [4.69, 9.17) is 5.26 Å². The van der Waals surface area contributed by atoms with Gasteiger partial charge in [-0.2, -0.15) is 5.26 Å². The number of rotatable bonds is 3. The quantitative estimate of drug-likeness (QED) is 0.841. The largest absolute Gasteiger partial charge is 0.311 e. The van der Waals surface area contributed by atoms with Gasteiger partial charge in [0.2, 0.25) is 5.92 Å². The van der Waals surface area contributed by atoms with Crippen LogP contribution in [0, 0.1) is 16.7 Å². The van der Waals surface area contributed by atoms with Crippen LogP contribution >= 0.6 is 0 Å². The van der Waals surface area contributed by atoms with Gasteiger partial charge >= 0.3 is 0 Å². The van der Waals surface area contributed by atoms with E-state index >= 15 is 0 Å². The van der Waals surface area contributed by atoms with Crippen LogP contribution in [0.5, 0.6) is 0 Å². The second kappa shape index (κ2) is 5.75. The molecule has 2 aliphatic carbocycles. The molecule has 0 bridgehead atoms. The molecule has 0 aromatic rings. The fourth-order valence-electron chi connectivity index (χ4n) is 3.39. The van der Waals surface area contributed by atoms with E-state index in [9.17, 15) is 8.78 Å². The average molecular weight is 270 g/mol. The molecule has 0 amide bonds. The van der Waals surface area contributed by atoms with Gasteiger partial charge in [-0.3, -0.25) is 0 Å². The van der Waals surface area contributed by atoms with E-state index in [0.29, 0.717) is 25.3 Å². The molecule has 2 aliphatic rings. The summed E-state index contributed by atoms with van der Waals surface area (Å²) in [4.78, 5) is 0. The number of hydrogen-bond donors (Lipinski definition) is 1. The lowest BCUT2D eigenvalue weighted by Gasteiger charge is -2.39. The highest BCUT2D eigenvalue weighted by molar-refractivity contribution is 4.92. The van der Waals surface area contributed by atoms with Crippen molar-refractivity contribution in [1.29, 1.82) is 5.26 Å². The van der Waals surface area contributed by atoms with E-state index in [1.54, 1.807) is 0 Å². The normalized spacial score (nSPS) is 35.8. The van der Waals surface area contributed by atoms with E-state index in [-0.39, 0.29) is 24.3 Å². The minimum atomic E-state index is -2.43. The van der Waals surface area contributed by atoms with E-state index in [1.807, 2.05) is 0 Å². The van der Waals surface area contributed by atoms with Crippen LogP contribution in [0.1, 0.15) is 64.7 Å². The summed E-state index contributed by atoms with van der Waals surface area (Å²) >= 11 is 0. The summed E-state index contributed by atoms with van der Waals surface area (Å²) in [6, 6.07) is 3.01. The van der Waals surface area contributed by atoms with Gasteiger partial charge in [-0.25, -0.2) is 8.78 Å². The standard InChI is InChI=1S/C15H24F2N2/c1-14(10-11-18)6-2-12(3-7-14)19-13-4-8-15(16,17)9-5-13/h12-13,19H,2-10H2,1H3/t12-,14+. The van der Waals surface area contributed by atoms with E-state index in [1.165, 1.54) is 0 Å². The molecule has 2 rings (SSSR count). The first-order valence-corrected chi connectivity index (χ1v) is 7.43. The summed E-state index contributed by atoms with van der Waals surface area (Å²) in [5, 5.41) is 12.4. The van der Waals surface area contributed by atoms with Crippen molar-refractivity contribution < 1.29 is 8.78 Å². The molecular weight excluding hydrogens is 246 g/mol.